The van der Waals surface area contributed by atoms with Crippen LogP contribution in [0.3, 0.4) is 0 Å². The fourth-order valence-electron chi connectivity index (χ4n) is 2.43. The van der Waals surface area contributed by atoms with Crippen molar-refractivity contribution in [2.24, 2.45) is 0 Å². The highest BCUT2D eigenvalue weighted by Crippen LogP contribution is 2.08. The first kappa shape index (κ1) is 17.9. The predicted octanol–water partition coefficient (Wildman–Crippen LogP) is 2.41. The van der Waals surface area contributed by atoms with E-state index in [1.807, 2.05) is 52.7 Å². The predicted molar refractivity (Wildman–Crippen MR) is 102 cm³/mol. The summed E-state index contributed by atoms with van der Waals surface area (Å²) >= 11 is 1.38. The molecule has 2 heterocycles. The fourth-order valence-corrected chi connectivity index (χ4v) is 3.07. The van der Waals surface area contributed by atoms with Crippen LogP contribution in [0.25, 0.3) is 5.69 Å². The Hall–Kier alpha value is -2.93. The summed E-state index contributed by atoms with van der Waals surface area (Å²) in [5.74, 6) is -0.215. The molecule has 0 saturated heterocycles. The molecule has 0 fully saturated rings. The van der Waals surface area contributed by atoms with Crippen molar-refractivity contribution in [2.45, 2.75) is 12.8 Å². The first-order chi connectivity index (χ1) is 12.7. The third-order valence-electron chi connectivity index (χ3n) is 3.78. The van der Waals surface area contributed by atoms with Gasteiger partial charge in [-0.1, -0.05) is 24.3 Å². The molecular formula is C19H20N4O2S. The number of amides is 2. The largest absolute Gasteiger partial charge is 0.356 e. The lowest BCUT2D eigenvalue weighted by Crippen LogP contribution is -2.31. The summed E-state index contributed by atoms with van der Waals surface area (Å²) in [6, 6.07) is 13.5. The number of hydrogen-bond donors (Lipinski definition) is 2. The standard InChI is InChI=1S/C19H20N4O2S/c24-18(9-11-21-19(25)17-7-4-12-26-17)20-10-8-15-13-22-23(14-15)16-5-2-1-3-6-16/h1-7,12-14H,8-11H2,(H,20,24)(H,21,25). The second-order valence-electron chi connectivity index (χ2n) is 5.71. The molecule has 0 aliphatic carbocycles. The number of rotatable bonds is 8. The molecule has 0 spiro atoms. The molecule has 0 aliphatic heterocycles. The van der Waals surface area contributed by atoms with E-state index < -0.39 is 0 Å². The average Bonchev–Trinajstić information content (AvgIpc) is 3.34. The fraction of sp³-hybridized carbons (Fsp3) is 0.211. The molecule has 134 valence electrons. The van der Waals surface area contributed by atoms with Gasteiger partial charge in [0, 0.05) is 25.7 Å². The zero-order valence-corrected chi connectivity index (χ0v) is 15.0. The van der Waals surface area contributed by atoms with Crippen molar-refractivity contribution < 1.29 is 9.59 Å². The van der Waals surface area contributed by atoms with Crippen molar-refractivity contribution in [1.29, 1.82) is 0 Å². The Morgan fingerprint density at radius 2 is 1.88 bits per heavy atom. The Morgan fingerprint density at radius 1 is 1.04 bits per heavy atom. The molecule has 0 bridgehead atoms. The Morgan fingerprint density at radius 3 is 2.65 bits per heavy atom. The van der Waals surface area contributed by atoms with Gasteiger partial charge in [-0.05, 0) is 35.6 Å². The van der Waals surface area contributed by atoms with Gasteiger partial charge >= 0.3 is 0 Å². The summed E-state index contributed by atoms with van der Waals surface area (Å²) in [4.78, 5) is 24.3. The number of aromatic nitrogens is 2. The van der Waals surface area contributed by atoms with Crippen LogP contribution in [0.4, 0.5) is 0 Å². The van der Waals surface area contributed by atoms with Gasteiger partial charge in [0.25, 0.3) is 5.91 Å². The zero-order chi connectivity index (χ0) is 18.2. The molecule has 0 unspecified atom stereocenters. The van der Waals surface area contributed by atoms with Gasteiger partial charge in [0.05, 0.1) is 16.8 Å². The second kappa shape index (κ2) is 8.96. The highest BCUT2D eigenvalue weighted by Gasteiger charge is 2.07. The summed E-state index contributed by atoms with van der Waals surface area (Å²) in [6.45, 7) is 0.868. The number of carbonyl (C=O) groups excluding carboxylic acids is 2. The molecule has 6 nitrogen and oxygen atoms in total. The molecular weight excluding hydrogens is 348 g/mol. The Balaban J connectivity index is 1.35. The van der Waals surface area contributed by atoms with E-state index in [1.54, 1.807) is 12.3 Å². The normalized spacial score (nSPS) is 10.5. The van der Waals surface area contributed by atoms with Crippen molar-refractivity contribution >= 4 is 23.2 Å². The maximum absolute atomic E-state index is 11.8. The molecule has 7 heteroatoms. The van der Waals surface area contributed by atoms with E-state index in [2.05, 4.69) is 15.7 Å². The van der Waals surface area contributed by atoms with Gasteiger partial charge in [-0.25, -0.2) is 4.68 Å². The smallest absolute Gasteiger partial charge is 0.261 e. The summed E-state index contributed by atoms with van der Waals surface area (Å²) < 4.78 is 1.82. The summed E-state index contributed by atoms with van der Waals surface area (Å²) in [6.07, 6.45) is 4.74. The third-order valence-corrected chi connectivity index (χ3v) is 4.64. The van der Waals surface area contributed by atoms with Crippen molar-refractivity contribution in [2.75, 3.05) is 13.1 Å². The molecule has 26 heavy (non-hydrogen) atoms. The van der Waals surface area contributed by atoms with Crippen LogP contribution in [0.15, 0.2) is 60.2 Å². The second-order valence-corrected chi connectivity index (χ2v) is 6.66. The highest BCUT2D eigenvalue weighted by molar-refractivity contribution is 7.12. The summed E-state index contributed by atoms with van der Waals surface area (Å²) in [5, 5.41) is 11.8. The first-order valence-electron chi connectivity index (χ1n) is 8.40. The van der Waals surface area contributed by atoms with E-state index in [0.717, 1.165) is 11.3 Å². The molecule has 0 aliphatic rings. The van der Waals surface area contributed by atoms with E-state index in [-0.39, 0.29) is 18.2 Å². The van der Waals surface area contributed by atoms with Crippen molar-refractivity contribution in [3.63, 3.8) is 0 Å². The molecule has 0 atom stereocenters. The number of carbonyl (C=O) groups is 2. The van der Waals surface area contributed by atoms with Gasteiger partial charge in [-0.3, -0.25) is 9.59 Å². The molecule has 0 saturated carbocycles. The number of nitrogens with zero attached hydrogens (tertiary/aromatic N) is 2. The zero-order valence-electron chi connectivity index (χ0n) is 14.2. The maximum atomic E-state index is 11.8. The van der Waals surface area contributed by atoms with Crippen LogP contribution < -0.4 is 10.6 Å². The first-order valence-corrected chi connectivity index (χ1v) is 9.28. The molecule has 1 aromatic carbocycles. The average molecular weight is 368 g/mol. The number of nitrogens with one attached hydrogen (secondary N) is 2. The molecule has 0 radical (unpaired) electrons. The third kappa shape index (κ3) is 5.03. The monoisotopic (exact) mass is 368 g/mol. The number of hydrogen-bond acceptors (Lipinski definition) is 4. The van der Waals surface area contributed by atoms with Crippen LogP contribution in [0.1, 0.15) is 21.7 Å². The van der Waals surface area contributed by atoms with Gasteiger partial charge in [0.2, 0.25) is 5.91 Å². The lowest BCUT2D eigenvalue weighted by atomic mass is 10.2. The minimum absolute atomic E-state index is 0.0769. The Labute approximate surface area is 155 Å². The summed E-state index contributed by atoms with van der Waals surface area (Å²) in [7, 11) is 0. The number of thiophene rings is 1. The van der Waals surface area contributed by atoms with Gasteiger partial charge < -0.3 is 10.6 Å². The van der Waals surface area contributed by atoms with E-state index in [0.29, 0.717) is 24.4 Å². The van der Waals surface area contributed by atoms with Gasteiger partial charge in [0.1, 0.15) is 0 Å². The Bertz CT molecular complexity index is 844. The number of para-hydroxylation sites is 1. The molecule has 2 N–H and O–H groups in total. The molecule has 3 rings (SSSR count). The van der Waals surface area contributed by atoms with Crippen LogP contribution in [-0.4, -0.2) is 34.7 Å². The molecule has 2 amide bonds. The maximum Gasteiger partial charge on any atom is 0.261 e. The van der Waals surface area contributed by atoms with Crippen molar-refractivity contribution in [3.8, 4) is 5.69 Å². The van der Waals surface area contributed by atoms with Gasteiger partial charge in [-0.2, -0.15) is 5.10 Å². The van der Waals surface area contributed by atoms with E-state index in [1.165, 1.54) is 11.3 Å². The molecule has 2 aromatic heterocycles. The summed E-state index contributed by atoms with van der Waals surface area (Å²) in [5.41, 5.74) is 2.06. The van der Waals surface area contributed by atoms with Gasteiger partial charge in [-0.15, -0.1) is 11.3 Å². The number of benzene rings is 1. The SMILES string of the molecule is O=C(CCNC(=O)c1cccs1)NCCc1cnn(-c2ccccc2)c1. The lowest BCUT2D eigenvalue weighted by molar-refractivity contribution is -0.120. The van der Waals surface area contributed by atoms with Crippen LogP contribution >= 0.6 is 11.3 Å². The van der Waals surface area contributed by atoms with E-state index >= 15 is 0 Å². The minimum Gasteiger partial charge on any atom is -0.356 e. The van der Waals surface area contributed by atoms with E-state index in [9.17, 15) is 9.59 Å². The topological polar surface area (TPSA) is 76.0 Å². The quantitative estimate of drug-likeness (QED) is 0.641. The van der Waals surface area contributed by atoms with Crippen LogP contribution in [0, 0.1) is 0 Å². The van der Waals surface area contributed by atoms with Gasteiger partial charge in [0.15, 0.2) is 0 Å². The Kier molecular flexibility index (Phi) is 6.16. The minimum atomic E-state index is -0.138. The molecule has 3 aromatic rings. The van der Waals surface area contributed by atoms with Crippen LogP contribution in [0.2, 0.25) is 0 Å². The van der Waals surface area contributed by atoms with Crippen LogP contribution in [0.5, 0.6) is 0 Å². The van der Waals surface area contributed by atoms with Crippen molar-refractivity contribution in [1.82, 2.24) is 20.4 Å². The van der Waals surface area contributed by atoms with Crippen LogP contribution in [-0.2, 0) is 11.2 Å². The van der Waals surface area contributed by atoms with E-state index in [4.69, 9.17) is 0 Å². The lowest BCUT2D eigenvalue weighted by Gasteiger charge is -2.05. The highest BCUT2D eigenvalue weighted by atomic mass is 32.1. The van der Waals surface area contributed by atoms with Crippen molar-refractivity contribution in [3.05, 3.63) is 70.7 Å².